The highest BCUT2D eigenvalue weighted by Gasteiger charge is 2.30. The van der Waals surface area contributed by atoms with E-state index in [-0.39, 0.29) is 11.2 Å². The lowest BCUT2D eigenvalue weighted by atomic mass is 10.1. The van der Waals surface area contributed by atoms with Crippen molar-refractivity contribution < 1.29 is 9.59 Å². The Morgan fingerprint density at radius 1 is 1.07 bits per heavy atom. The molecular weight excluding hydrogens is 554 g/mol. The van der Waals surface area contributed by atoms with Gasteiger partial charge in [0.15, 0.2) is 5.17 Å². The molecule has 1 aromatic carbocycles. The van der Waals surface area contributed by atoms with E-state index in [1.807, 2.05) is 23.1 Å². The van der Waals surface area contributed by atoms with E-state index in [2.05, 4.69) is 88.8 Å². The summed E-state index contributed by atoms with van der Waals surface area (Å²) in [7, 11) is 3.61. The number of amides is 2. The number of hydrogen-bond acceptors (Lipinski definition) is 5. The fourth-order valence-corrected chi connectivity index (χ4v) is 5.57. The van der Waals surface area contributed by atoms with Crippen LogP contribution in [0.1, 0.15) is 97.8 Å². The molecule has 2 atom stereocenters. The van der Waals surface area contributed by atoms with Crippen LogP contribution in [0.15, 0.2) is 47.0 Å². The van der Waals surface area contributed by atoms with Gasteiger partial charge in [-0.3, -0.25) is 14.6 Å². The molecule has 1 N–H and O–H groups in total. The Bertz CT molecular complexity index is 899. The van der Waals surface area contributed by atoms with Crippen LogP contribution in [0, 0.1) is 5.92 Å². The van der Waals surface area contributed by atoms with Gasteiger partial charge in [0.2, 0.25) is 12.3 Å². The molecule has 8 heteroatoms. The van der Waals surface area contributed by atoms with Gasteiger partial charge in [0, 0.05) is 40.3 Å². The number of aliphatic imine (C=N–C) groups is 1. The minimum absolute atomic E-state index is 0.213. The second kappa shape index (κ2) is 26.1. The van der Waals surface area contributed by atoms with Crippen LogP contribution >= 0.6 is 11.8 Å². The van der Waals surface area contributed by atoms with Crippen molar-refractivity contribution >= 4 is 29.2 Å². The largest absolute Gasteiger partial charge is 0.362 e. The highest BCUT2D eigenvalue weighted by atomic mass is 32.2. The minimum Gasteiger partial charge on any atom is -0.362 e. The van der Waals surface area contributed by atoms with E-state index in [9.17, 15) is 4.79 Å². The number of carbonyl (C=O) groups is 2. The third kappa shape index (κ3) is 18.8. The first kappa shape index (κ1) is 40.7. The SMILES string of the molecule is CCCN(CC)CCC(C)CC.CCN(C)C(=NCCC=C(C)C)SC(C(=O)N1CCCC1)c1ccccc1.CNC=O. The molecule has 2 rings (SSSR count). The van der Waals surface area contributed by atoms with Crippen LogP contribution in [-0.2, 0) is 9.59 Å². The molecule has 2 unspecified atom stereocenters. The molecule has 0 saturated carbocycles. The summed E-state index contributed by atoms with van der Waals surface area (Å²) in [5.41, 5.74) is 2.37. The Labute approximate surface area is 269 Å². The highest BCUT2D eigenvalue weighted by molar-refractivity contribution is 8.14. The number of nitrogens with zero attached hydrogens (tertiary/aromatic N) is 4. The van der Waals surface area contributed by atoms with Gasteiger partial charge in [-0.25, -0.2) is 0 Å². The van der Waals surface area contributed by atoms with E-state index < -0.39 is 0 Å². The average molecular weight is 618 g/mol. The number of benzene rings is 1. The number of nitrogens with one attached hydrogen (secondary N) is 1. The Kier molecular flexibility index (Phi) is 24.7. The molecule has 0 radical (unpaired) electrons. The molecule has 1 saturated heterocycles. The molecule has 0 bridgehead atoms. The lowest BCUT2D eigenvalue weighted by Gasteiger charge is -2.26. The van der Waals surface area contributed by atoms with Crippen molar-refractivity contribution in [3.63, 3.8) is 0 Å². The van der Waals surface area contributed by atoms with Crippen LogP contribution in [0.25, 0.3) is 0 Å². The van der Waals surface area contributed by atoms with Gasteiger partial charge in [0.25, 0.3) is 0 Å². The van der Waals surface area contributed by atoms with Crippen LogP contribution in [0.4, 0.5) is 0 Å². The normalized spacial score (nSPS) is 14.1. The summed E-state index contributed by atoms with van der Waals surface area (Å²) in [6.45, 7) is 22.6. The molecule has 1 aliphatic rings. The summed E-state index contributed by atoms with van der Waals surface area (Å²) in [6, 6.07) is 10.1. The summed E-state index contributed by atoms with van der Waals surface area (Å²) < 4.78 is 0. The van der Waals surface area contributed by atoms with Crippen LogP contribution in [0.2, 0.25) is 0 Å². The lowest BCUT2D eigenvalue weighted by Crippen LogP contribution is -2.33. The third-order valence-electron chi connectivity index (χ3n) is 7.44. The molecule has 1 fully saturated rings. The van der Waals surface area contributed by atoms with E-state index in [1.54, 1.807) is 18.8 Å². The van der Waals surface area contributed by atoms with E-state index in [0.717, 1.165) is 62.1 Å². The highest BCUT2D eigenvalue weighted by Crippen LogP contribution is 2.34. The van der Waals surface area contributed by atoms with Gasteiger partial charge in [-0.2, -0.15) is 0 Å². The zero-order valence-corrected chi connectivity index (χ0v) is 29.7. The van der Waals surface area contributed by atoms with Crippen LogP contribution in [-0.4, -0.2) is 92.1 Å². The Balaban J connectivity index is 0.000000916. The van der Waals surface area contributed by atoms with Gasteiger partial charge in [-0.15, -0.1) is 0 Å². The molecule has 1 aliphatic heterocycles. The van der Waals surface area contributed by atoms with E-state index in [1.165, 1.54) is 44.5 Å². The van der Waals surface area contributed by atoms with Crippen LogP contribution in [0.3, 0.4) is 0 Å². The van der Waals surface area contributed by atoms with Gasteiger partial charge in [0.1, 0.15) is 5.25 Å². The summed E-state index contributed by atoms with van der Waals surface area (Å²) in [5.74, 6) is 1.11. The quantitative estimate of drug-likeness (QED) is 0.0738. The number of thioether (sulfide) groups is 1. The zero-order valence-electron chi connectivity index (χ0n) is 28.9. The van der Waals surface area contributed by atoms with Crippen molar-refractivity contribution in [1.29, 1.82) is 0 Å². The Hall–Kier alpha value is -2.32. The average Bonchev–Trinajstić information content (AvgIpc) is 3.58. The molecule has 246 valence electrons. The zero-order chi connectivity index (χ0) is 32.5. The molecule has 43 heavy (non-hydrogen) atoms. The summed E-state index contributed by atoms with van der Waals surface area (Å²) >= 11 is 1.59. The van der Waals surface area contributed by atoms with E-state index in [0.29, 0.717) is 6.41 Å². The van der Waals surface area contributed by atoms with Crippen molar-refractivity contribution in [3.8, 4) is 0 Å². The molecule has 1 aromatic rings. The van der Waals surface area contributed by atoms with E-state index >= 15 is 0 Å². The van der Waals surface area contributed by atoms with Crippen molar-refractivity contribution in [2.24, 2.45) is 10.9 Å². The van der Waals surface area contributed by atoms with E-state index in [4.69, 9.17) is 9.79 Å². The van der Waals surface area contributed by atoms with Gasteiger partial charge >= 0.3 is 0 Å². The van der Waals surface area contributed by atoms with Crippen LogP contribution in [0.5, 0.6) is 0 Å². The molecule has 0 aromatic heterocycles. The Morgan fingerprint density at radius 2 is 1.70 bits per heavy atom. The molecular formula is C35H63N5O2S. The molecule has 7 nitrogen and oxygen atoms in total. The number of allylic oxidation sites excluding steroid dienone is 1. The van der Waals surface area contributed by atoms with Crippen molar-refractivity contribution in [2.75, 3.05) is 59.9 Å². The maximum atomic E-state index is 13.2. The topological polar surface area (TPSA) is 68.2 Å². The number of rotatable bonds is 15. The fraction of sp³-hybridized carbons (Fsp3) is 0.686. The first-order valence-electron chi connectivity index (χ1n) is 16.4. The lowest BCUT2D eigenvalue weighted by molar-refractivity contribution is -0.129. The summed E-state index contributed by atoms with van der Waals surface area (Å²) in [6.07, 6.45) is 9.96. The number of carbonyl (C=O) groups excluding carboxylic acids is 2. The molecule has 2 amide bonds. The predicted octanol–water partition coefficient (Wildman–Crippen LogP) is 7.26. The van der Waals surface area contributed by atoms with Gasteiger partial charge in [-0.05, 0) is 84.0 Å². The predicted molar refractivity (Wildman–Crippen MR) is 189 cm³/mol. The van der Waals surface area contributed by atoms with Gasteiger partial charge in [0.05, 0.1) is 0 Å². The van der Waals surface area contributed by atoms with Crippen molar-refractivity contribution in [3.05, 3.63) is 47.5 Å². The Morgan fingerprint density at radius 3 is 2.19 bits per heavy atom. The van der Waals surface area contributed by atoms with Gasteiger partial charge in [-0.1, -0.05) is 87.9 Å². The molecule has 1 heterocycles. The standard InChI is InChI=1S/C22H33N3OS.C11H25N.C2H5NO/c1-5-24(4)22(23-15-11-12-18(2)3)27-20(19-13-7-6-8-14-19)21(26)25-16-9-10-17-25;1-5-9-12(7-3)10-8-11(4)6-2;1-3-2-4/h6-8,12-14,20H,5,9-11,15-17H2,1-4H3;11H,5-10H2,1-4H3;2H,1H3,(H,3,4). The second-order valence-electron chi connectivity index (χ2n) is 11.3. The summed E-state index contributed by atoms with van der Waals surface area (Å²) in [4.78, 5) is 33.8. The molecule has 0 spiro atoms. The van der Waals surface area contributed by atoms with Gasteiger partial charge < -0.3 is 20.0 Å². The smallest absolute Gasteiger partial charge is 0.240 e. The third-order valence-corrected chi connectivity index (χ3v) is 8.80. The number of likely N-dealkylation sites (tertiary alicyclic amines) is 1. The van der Waals surface area contributed by atoms with Crippen molar-refractivity contribution in [1.82, 2.24) is 20.0 Å². The number of hydrogen-bond donors (Lipinski definition) is 1. The maximum Gasteiger partial charge on any atom is 0.240 e. The number of amidine groups is 1. The monoisotopic (exact) mass is 617 g/mol. The minimum atomic E-state index is -0.236. The van der Waals surface area contributed by atoms with Crippen LogP contribution < -0.4 is 5.32 Å². The fourth-order valence-electron chi connectivity index (χ4n) is 4.35. The first-order chi connectivity index (χ1) is 20.7. The molecule has 0 aliphatic carbocycles. The second-order valence-corrected chi connectivity index (χ2v) is 12.4. The summed E-state index contributed by atoms with van der Waals surface area (Å²) in [5, 5.41) is 2.96. The first-order valence-corrected chi connectivity index (χ1v) is 17.3. The van der Waals surface area contributed by atoms with Crippen molar-refractivity contribution in [2.45, 2.75) is 92.2 Å². The maximum absolute atomic E-state index is 13.2.